The number of piperidine rings is 1. The highest BCUT2D eigenvalue weighted by Crippen LogP contribution is 2.43. The van der Waals surface area contributed by atoms with E-state index in [1.807, 2.05) is 25.7 Å². The standard InChI is InChI=1S/C14H25NO3/c1-5-14(10-17-14)11-6-8-15(9-7-11)12(16)18-13(2,3)4/h11H,5-10H2,1-4H3/t14-/m0/s1. The lowest BCUT2D eigenvalue weighted by atomic mass is 9.83. The second-order valence-electron chi connectivity index (χ2n) is 6.45. The molecule has 0 saturated carbocycles. The van der Waals surface area contributed by atoms with Crippen LogP contribution < -0.4 is 0 Å². The van der Waals surface area contributed by atoms with Crippen LogP contribution in [0.15, 0.2) is 0 Å². The second kappa shape index (κ2) is 4.72. The van der Waals surface area contributed by atoms with Crippen molar-refractivity contribution in [3.63, 3.8) is 0 Å². The summed E-state index contributed by atoms with van der Waals surface area (Å²) >= 11 is 0. The minimum atomic E-state index is -0.405. The van der Waals surface area contributed by atoms with Gasteiger partial charge in [0.15, 0.2) is 0 Å². The van der Waals surface area contributed by atoms with Crippen molar-refractivity contribution in [3.8, 4) is 0 Å². The van der Waals surface area contributed by atoms with Gasteiger partial charge in [-0.05, 0) is 46.0 Å². The highest BCUT2D eigenvalue weighted by Gasteiger charge is 2.50. The summed E-state index contributed by atoms with van der Waals surface area (Å²) in [7, 11) is 0. The molecule has 1 amide bonds. The summed E-state index contributed by atoms with van der Waals surface area (Å²) in [6.07, 6.45) is 2.98. The number of hydrogen-bond acceptors (Lipinski definition) is 3. The molecule has 0 aromatic rings. The van der Waals surface area contributed by atoms with Gasteiger partial charge in [0.1, 0.15) is 5.60 Å². The van der Waals surface area contributed by atoms with Crippen LogP contribution in [0.1, 0.15) is 47.0 Å². The van der Waals surface area contributed by atoms with Crippen molar-refractivity contribution >= 4 is 6.09 Å². The maximum atomic E-state index is 11.9. The van der Waals surface area contributed by atoms with Crippen LogP contribution in [0.4, 0.5) is 4.79 Å². The largest absolute Gasteiger partial charge is 0.444 e. The van der Waals surface area contributed by atoms with E-state index in [1.165, 1.54) is 0 Å². The Labute approximate surface area is 110 Å². The lowest BCUT2D eigenvalue weighted by molar-refractivity contribution is 0.0141. The molecule has 4 nitrogen and oxygen atoms in total. The lowest BCUT2D eigenvalue weighted by Gasteiger charge is -2.35. The molecule has 0 aliphatic carbocycles. The molecule has 18 heavy (non-hydrogen) atoms. The Balaban J connectivity index is 1.82. The zero-order valence-corrected chi connectivity index (χ0v) is 12.0. The van der Waals surface area contributed by atoms with E-state index in [4.69, 9.17) is 9.47 Å². The third-order valence-corrected chi connectivity index (χ3v) is 4.00. The fraction of sp³-hybridized carbons (Fsp3) is 0.929. The highest BCUT2D eigenvalue weighted by molar-refractivity contribution is 5.68. The van der Waals surface area contributed by atoms with Crippen LogP contribution in [0.3, 0.4) is 0 Å². The molecule has 2 heterocycles. The SMILES string of the molecule is CC[C@@]1(C2CCN(C(=O)OC(C)(C)C)CC2)CO1. The maximum Gasteiger partial charge on any atom is 0.410 e. The van der Waals surface area contributed by atoms with Gasteiger partial charge >= 0.3 is 6.09 Å². The van der Waals surface area contributed by atoms with Crippen LogP contribution in [0.25, 0.3) is 0 Å². The van der Waals surface area contributed by atoms with Gasteiger partial charge in [-0.3, -0.25) is 0 Å². The van der Waals surface area contributed by atoms with Crippen molar-refractivity contribution < 1.29 is 14.3 Å². The average Bonchev–Trinajstić information content (AvgIpc) is 3.08. The van der Waals surface area contributed by atoms with Gasteiger partial charge in [0, 0.05) is 13.1 Å². The lowest BCUT2D eigenvalue weighted by Crippen LogP contribution is -2.44. The molecule has 2 aliphatic rings. The number of carbonyl (C=O) groups excluding carboxylic acids is 1. The molecular weight excluding hydrogens is 230 g/mol. The van der Waals surface area contributed by atoms with Crippen molar-refractivity contribution in [1.29, 1.82) is 0 Å². The average molecular weight is 255 g/mol. The van der Waals surface area contributed by atoms with Crippen molar-refractivity contribution in [2.45, 2.75) is 58.2 Å². The molecule has 104 valence electrons. The van der Waals surface area contributed by atoms with E-state index in [2.05, 4.69) is 6.92 Å². The van der Waals surface area contributed by atoms with Gasteiger partial charge in [-0.25, -0.2) is 4.79 Å². The predicted molar refractivity (Wildman–Crippen MR) is 69.5 cm³/mol. The van der Waals surface area contributed by atoms with Gasteiger partial charge in [-0.2, -0.15) is 0 Å². The Morgan fingerprint density at radius 3 is 2.33 bits per heavy atom. The maximum absolute atomic E-state index is 11.9. The summed E-state index contributed by atoms with van der Waals surface area (Å²) in [5.41, 5.74) is -0.266. The zero-order chi connectivity index (χ0) is 13.4. The van der Waals surface area contributed by atoms with Gasteiger partial charge in [-0.1, -0.05) is 6.92 Å². The topological polar surface area (TPSA) is 42.1 Å². The van der Waals surface area contributed by atoms with Crippen molar-refractivity contribution in [3.05, 3.63) is 0 Å². The number of carbonyl (C=O) groups is 1. The summed E-state index contributed by atoms with van der Waals surface area (Å²) in [4.78, 5) is 13.8. The van der Waals surface area contributed by atoms with Crippen LogP contribution in [0.5, 0.6) is 0 Å². The third-order valence-electron chi connectivity index (χ3n) is 4.00. The first-order valence-electron chi connectivity index (χ1n) is 6.98. The van der Waals surface area contributed by atoms with E-state index in [0.29, 0.717) is 5.92 Å². The highest BCUT2D eigenvalue weighted by atomic mass is 16.6. The monoisotopic (exact) mass is 255 g/mol. The molecular formula is C14H25NO3. The van der Waals surface area contributed by atoms with Crippen LogP contribution in [0.2, 0.25) is 0 Å². The predicted octanol–water partition coefficient (Wildman–Crippen LogP) is 2.81. The van der Waals surface area contributed by atoms with Gasteiger partial charge in [0.25, 0.3) is 0 Å². The van der Waals surface area contributed by atoms with Crippen LogP contribution in [-0.4, -0.2) is 41.9 Å². The van der Waals surface area contributed by atoms with Crippen molar-refractivity contribution in [2.75, 3.05) is 19.7 Å². The van der Waals surface area contributed by atoms with E-state index in [0.717, 1.165) is 39.0 Å². The number of epoxide rings is 1. The van der Waals surface area contributed by atoms with Crippen LogP contribution >= 0.6 is 0 Å². The van der Waals surface area contributed by atoms with Crippen molar-refractivity contribution in [2.24, 2.45) is 5.92 Å². The zero-order valence-electron chi connectivity index (χ0n) is 12.0. The summed E-state index contributed by atoms with van der Waals surface area (Å²) in [6, 6.07) is 0. The normalized spacial score (nSPS) is 29.2. The molecule has 0 aromatic carbocycles. The van der Waals surface area contributed by atoms with E-state index in [1.54, 1.807) is 0 Å². The molecule has 0 aromatic heterocycles. The van der Waals surface area contributed by atoms with E-state index >= 15 is 0 Å². The Morgan fingerprint density at radius 1 is 1.39 bits per heavy atom. The molecule has 0 N–H and O–H groups in total. The van der Waals surface area contributed by atoms with Crippen molar-refractivity contribution in [1.82, 2.24) is 4.90 Å². The minimum Gasteiger partial charge on any atom is -0.444 e. The Bertz CT molecular complexity index is 309. The first-order chi connectivity index (χ1) is 8.36. The van der Waals surface area contributed by atoms with Gasteiger partial charge in [0.2, 0.25) is 0 Å². The van der Waals surface area contributed by atoms with Gasteiger partial charge in [0.05, 0.1) is 12.2 Å². The fourth-order valence-electron chi connectivity index (χ4n) is 2.74. The van der Waals surface area contributed by atoms with E-state index in [9.17, 15) is 4.79 Å². The number of nitrogens with zero attached hydrogens (tertiary/aromatic N) is 1. The summed E-state index contributed by atoms with van der Waals surface area (Å²) in [5.74, 6) is 0.612. The minimum absolute atomic E-state index is 0.139. The first-order valence-corrected chi connectivity index (χ1v) is 6.98. The molecule has 2 fully saturated rings. The van der Waals surface area contributed by atoms with E-state index in [-0.39, 0.29) is 11.7 Å². The van der Waals surface area contributed by atoms with Gasteiger partial charge < -0.3 is 14.4 Å². The smallest absolute Gasteiger partial charge is 0.410 e. The summed E-state index contributed by atoms with van der Waals surface area (Å²) < 4.78 is 11.0. The molecule has 0 spiro atoms. The molecule has 1 atom stereocenters. The Morgan fingerprint density at radius 2 is 1.94 bits per heavy atom. The third kappa shape index (κ3) is 2.97. The Kier molecular flexibility index (Phi) is 3.58. The summed E-state index contributed by atoms with van der Waals surface area (Å²) in [6.45, 7) is 10.4. The number of amides is 1. The molecule has 0 bridgehead atoms. The molecule has 4 heteroatoms. The molecule has 0 unspecified atom stereocenters. The molecule has 0 radical (unpaired) electrons. The van der Waals surface area contributed by atoms with E-state index < -0.39 is 5.60 Å². The van der Waals surface area contributed by atoms with Crippen LogP contribution in [0, 0.1) is 5.92 Å². The van der Waals surface area contributed by atoms with Crippen LogP contribution in [-0.2, 0) is 9.47 Å². The molecule has 2 aliphatic heterocycles. The Hall–Kier alpha value is -0.770. The second-order valence-corrected chi connectivity index (χ2v) is 6.45. The number of hydrogen-bond donors (Lipinski definition) is 0. The first kappa shape index (κ1) is 13.7. The quantitative estimate of drug-likeness (QED) is 0.712. The summed E-state index contributed by atoms with van der Waals surface area (Å²) in [5, 5.41) is 0. The molecule has 2 saturated heterocycles. The number of likely N-dealkylation sites (tertiary alicyclic amines) is 1. The molecule has 2 rings (SSSR count). The fourth-order valence-corrected chi connectivity index (χ4v) is 2.74. The van der Waals surface area contributed by atoms with Gasteiger partial charge in [-0.15, -0.1) is 0 Å². The number of rotatable bonds is 2. The number of ether oxygens (including phenoxy) is 2.